The summed E-state index contributed by atoms with van der Waals surface area (Å²) in [5.41, 5.74) is 1.51. The molecule has 1 heterocycles. The van der Waals surface area contributed by atoms with E-state index in [-0.39, 0.29) is 36.4 Å². The van der Waals surface area contributed by atoms with E-state index >= 15 is 0 Å². The third-order valence-corrected chi connectivity index (χ3v) is 5.09. The largest absolute Gasteiger partial charge is 0.489 e. The van der Waals surface area contributed by atoms with Gasteiger partial charge in [0.15, 0.2) is 5.75 Å². The van der Waals surface area contributed by atoms with Crippen LogP contribution in [0.5, 0.6) is 5.75 Å². The van der Waals surface area contributed by atoms with Crippen molar-refractivity contribution in [2.24, 2.45) is 0 Å². The van der Waals surface area contributed by atoms with Gasteiger partial charge in [0.25, 0.3) is 0 Å². The van der Waals surface area contributed by atoms with Crippen LogP contribution in [0, 0.1) is 0 Å². The first-order valence-corrected chi connectivity index (χ1v) is 8.69. The number of aryl methyl sites for hydroxylation is 1. The van der Waals surface area contributed by atoms with Crippen LogP contribution in [0.2, 0.25) is 0 Å². The third-order valence-electron chi connectivity index (χ3n) is 5.09. The lowest BCUT2D eigenvalue weighted by Gasteiger charge is -2.35. The van der Waals surface area contributed by atoms with E-state index in [1.54, 1.807) is 0 Å². The van der Waals surface area contributed by atoms with E-state index in [0.717, 1.165) is 30.0 Å². The quantitative estimate of drug-likeness (QED) is 0.746. The molecule has 1 aliphatic carbocycles. The van der Waals surface area contributed by atoms with Gasteiger partial charge in [0.2, 0.25) is 5.91 Å². The van der Waals surface area contributed by atoms with Crippen LogP contribution in [0.25, 0.3) is 0 Å². The Morgan fingerprint density at radius 3 is 2.73 bits per heavy atom. The zero-order valence-electron chi connectivity index (χ0n) is 14.1. The van der Waals surface area contributed by atoms with Gasteiger partial charge in [-0.15, -0.1) is 0 Å². The van der Waals surface area contributed by atoms with Gasteiger partial charge in [-0.2, -0.15) is 13.2 Å². The highest BCUT2D eigenvalue weighted by Crippen LogP contribution is 2.44. The first-order chi connectivity index (χ1) is 12.5. The third kappa shape index (κ3) is 2.83. The number of benzene rings is 2. The number of rotatable bonds is 1. The number of fused-ring (bicyclic) bond motifs is 2. The van der Waals surface area contributed by atoms with Crippen molar-refractivity contribution < 1.29 is 22.7 Å². The molecule has 1 amide bonds. The second kappa shape index (κ2) is 6.34. The normalized spacial score (nSPS) is 19.3. The van der Waals surface area contributed by atoms with Gasteiger partial charge in [-0.1, -0.05) is 30.3 Å². The fourth-order valence-electron chi connectivity index (χ4n) is 3.90. The summed E-state index contributed by atoms with van der Waals surface area (Å²) in [5, 5.41) is 0. The fourth-order valence-corrected chi connectivity index (χ4v) is 3.90. The van der Waals surface area contributed by atoms with E-state index in [0.29, 0.717) is 6.42 Å². The minimum atomic E-state index is -4.52. The number of carbonyl (C=O) groups excluding carboxylic acids is 1. The Hall–Kier alpha value is -2.50. The fraction of sp³-hybridized carbons (Fsp3) is 0.350. The Kier molecular flexibility index (Phi) is 4.13. The number of hydrogen-bond donors (Lipinski definition) is 0. The summed E-state index contributed by atoms with van der Waals surface area (Å²) in [4.78, 5) is 14.7. The molecule has 2 aromatic rings. The summed E-state index contributed by atoms with van der Waals surface area (Å²) < 4.78 is 45.1. The van der Waals surface area contributed by atoms with Crippen molar-refractivity contribution in [2.75, 3.05) is 18.1 Å². The molecule has 2 aliphatic rings. The maximum Gasteiger partial charge on any atom is 0.420 e. The van der Waals surface area contributed by atoms with Gasteiger partial charge >= 0.3 is 6.18 Å². The van der Waals surface area contributed by atoms with Crippen molar-refractivity contribution in [2.45, 2.75) is 31.4 Å². The number of halogens is 3. The van der Waals surface area contributed by atoms with E-state index in [4.69, 9.17) is 4.74 Å². The molecule has 1 unspecified atom stereocenters. The van der Waals surface area contributed by atoms with Crippen LogP contribution in [0.1, 0.15) is 35.4 Å². The van der Waals surface area contributed by atoms with Gasteiger partial charge in [0, 0.05) is 0 Å². The molecule has 6 heteroatoms. The maximum atomic E-state index is 13.3. The molecule has 3 nitrogen and oxygen atoms in total. The summed E-state index contributed by atoms with van der Waals surface area (Å²) in [7, 11) is 0. The van der Waals surface area contributed by atoms with Crippen LogP contribution < -0.4 is 9.64 Å². The van der Waals surface area contributed by atoms with Crippen LogP contribution in [0.4, 0.5) is 18.9 Å². The number of carbonyl (C=O) groups is 1. The number of amides is 1. The van der Waals surface area contributed by atoms with Crippen molar-refractivity contribution in [1.29, 1.82) is 0 Å². The molecule has 0 aromatic heterocycles. The van der Waals surface area contributed by atoms with E-state index in [1.807, 2.05) is 24.3 Å². The Morgan fingerprint density at radius 2 is 1.92 bits per heavy atom. The molecule has 0 bridgehead atoms. The van der Waals surface area contributed by atoms with Crippen LogP contribution in [-0.4, -0.2) is 19.1 Å². The predicted molar refractivity (Wildman–Crippen MR) is 91.4 cm³/mol. The molecular weight excluding hydrogens is 343 g/mol. The highest BCUT2D eigenvalue weighted by molar-refractivity contribution is 6.00. The smallest absolute Gasteiger partial charge is 0.420 e. The van der Waals surface area contributed by atoms with Crippen LogP contribution >= 0.6 is 0 Å². The SMILES string of the molecule is O=C(C1CCCc2ccccc21)N1CCOc2c1cccc2C(F)(F)F. The summed E-state index contributed by atoms with van der Waals surface area (Å²) >= 11 is 0. The van der Waals surface area contributed by atoms with Gasteiger partial charge in [-0.3, -0.25) is 4.79 Å². The lowest BCUT2D eigenvalue weighted by molar-refractivity contribution is -0.139. The van der Waals surface area contributed by atoms with E-state index < -0.39 is 11.7 Å². The van der Waals surface area contributed by atoms with Gasteiger partial charge in [0.1, 0.15) is 6.61 Å². The summed E-state index contributed by atoms with van der Waals surface area (Å²) in [6.45, 7) is 0.312. The molecule has 1 atom stereocenters. The number of para-hydroxylation sites is 1. The van der Waals surface area contributed by atoms with Gasteiger partial charge < -0.3 is 9.64 Å². The zero-order valence-corrected chi connectivity index (χ0v) is 14.1. The Labute approximate surface area is 149 Å². The summed E-state index contributed by atoms with van der Waals surface area (Å²) in [5.74, 6) is -0.717. The molecule has 0 fully saturated rings. The average molecular weight is 361 g/mol. The van der Waals surface area contributed by atoms with E-state index in [1.165, 1.54) is 17.0 Å². The molecule has 0 saturated heterocycles. The van der Waals surface area contributed by atoms with Gasteiger partial charge in [0.05, 0.1) is 23.7 Å². The molecule has 0 radical (unpaired) electrons. The number of alkyl halides is 3. The molecule has 4 rings (SSSR count). The topological polar surface area (TPSA) is 29.5 Å². The Bertz CT molecular complexity index is 847. The Morgan fingerprint density at radius 1 is 1.12 bits per heavy atom. The zero-order chi connectivity index (χ0) is 18.3. The average Bonchev–Trinajstić information content (AvgIpc) is 2.65. The van der Waals surface area contributed by atoms with Crippen molar-refractivity contribution >= 4 is 11.6 Å². The van der Waals surface area contributed by atoms with Crippen LogP contribution in [0.15, 0.2) is 42.5 Å². The molecule has 0 spiro atoms. The number of hydrogen-bond acceptors (Lipinski definition) is 2. The number of ether oxygens (including phenoxy) is 1. The molecule has 0 N–H and O–H groups in total. The standard InChI is InChI=1S/C20H18F3NO2/c21-20(22,23)16-9-4-10-17-18(16)26-12-11-24(17)19(25)15-8-3-6-13-5-1-2-7-14(13)15/h1-2,4-5,7,9-10,15H,3,6,8,11-12H2. The van der Waals surface area contributed by atoms with Crippen molar-refractivity contribution in [3.05, 3.63) is 59.2 Å². The second-order valence-electron chi connectivity index (χ2n) is 6.63. The van der Waals surface area contributed by atoms with E-state index in [9.17, 15) is 18.0 Å². The molecule has 0 saturated carbocycles. The maximum absolute atomic E-state index is 13.3. The van der Waals surface area contributed by atoms with Crippen molar-refractivity contribution in [1.82, 2.24) is 0 Å². The van der Waals surface area contributed by atoms with Crippen LogP contribution in [-0.2, 0) is 17.4 Å². The molecular formula is C20H18F3NO2. The minimum Gasteiger partial charge on any atom is -0.489 e. The second-order valence-corrected chi connectivity index (χ2v) is 6.63. The highest BCUT2D eigenvalue weighted by atomic mass is 19.4. The summed E-state index contributed by atoms with van der Waals surface area (Å²) in [6, 6.07) is 11.7. The molecule has 2 aromatic carbocycles. The lowest BCUT2D eigenvalue weighted by atomic mass is 9.82. The lowest BCUT2D eigenvalue weighted by Crippen LogP contribution is -2.42. The van der Waals surface area contributed by atoms with E-state index in [2.05, 4.69) is 0 Å². The first-order valence-electron chi connectivity index (χ1n) is 8.69. The predicted octanol–water partition coefficient (Wildman–Crippen LogP) is 4.55. The van der Waals surface area contributed by atoms with Crippen LogP contribution in [0.3, 0.4) is 0 Å². The molecule has 136 valence electrons. The highest BCUT2D eigenvalue weighted by Gasteiger charge is 2.39. The minimum absolute atomic E-state index is 0.0558. The van der Waals surface area contributed by atoms with Gasteiger partial charge in [-0.05, 0) is 42.5 Å². The van der Waals surface area contributed by atoms with Crippen molar-refractivity contribution in [3.8, 4) is 5.75 Å². The Balaban J connectivity index is 1.72. The number of nitrogens with zero attached hydrogens (tertiary/aromatic N) is 1. The number of anilines is 1. The van der Waals surface area contributed by atoms with Gasteiger partial charge in [-0.25, -0.2) is 0 Å². The molecule has 26 heavy (non-hydrogen) atoms. The monoisotopic (exact) mass is 361 g/mol. The van der Waals surface area contributed by atoms with Crippen molar-refractivity contribution in [3.63, 3.8) is 0 Å². The molecule has 1 aliphatic heterocycles. The summed E-state index contributed by atoms with van der Waals surface area (Å²) in [6.07, 6.45) is -1.98. The first kappa shape index (κ1) is 16.9.